The average molecular weight is 593 g/mol. The number of rotatable bonds is 11. The third-order valence-electron chi connectivity index (χ3n) is 6.54. The predicted molar refractivity (Wildman–Crippen MR) is 168 cm³/mol. The molecule has 10 heteroatoms. The van der Waals surface area contributed by atoms with Crippen molar-refractivity contribution in [3.05, 3.63) is 109 Å². The van der Waals surface area contributed by atoms with E-state index in [2.05, 4.69) is 53.8 Å². The van der Waals surface area contributed by atoms with Crippen LogP contribution in [0.4, 0.5) is 0 Å². The molecule has 8 nitrogen and oxygen atoms in total. The Morgan fingerprint density at radius 1 is 0.500 bits per heavy atom. The molecule has 0 aliphatic heterocycles. The van der Waals surface area contributed by atoms with E-state index in [0.29, 0.717) is 0 Å². The van der Waals surface area contributed by atoms with Crippen molar-refractivity contribution in [1.29, 1.82) is 0 Å². The molecular weight excluding hydrogens is 565 g/mol. The van der Waals surface area contributed by atoms with Gasteiger partial charge in [0.05, 0.1) is 25.3 Å². The van der Waals surface area contributed by atoms with Crippen molar-refractivity contribution in [3.63, 3.8) is 0 Å². The highest BCUT2D eigenvalue weighted by atomic mass is 32.2. The van der Waals surface area contributed by atoms with Crippen molar-refractivity contribution >= 4 is 23.5 Å². The first-order chi connectivity index (χ1) is 20.8. The van der Waals surface area contributed by atoms with Crippen molar-refractivity contribution in [2.75, 3.05) is 25.7 Å². The van der Waals surface area contributed by atoms with Crippen molar-refractivity contribution in [2.24, 2.45) is 0 Å². The van der Waals surface area contributed by atoms with E-state index >= 15 is 0 Å². The minimum atomic E-state index is 0.735. The molecule has 0 aliphatic rings. The lowest BCUT2D eigenvalue weighted by Gasteiger charge is -2.13. The molecule has 6 aromatic rings. The van der Waals surface area contributed by atoms with Gasteiger partial charge in [-0.15, -0.1) is 20.4 Å². The molecule has 0 saturated heterocycles. The number of nitrogens with zero attached hydrogens (tertiary/aromatic N) is 6. The molecule has 0 aliphatic carbocycles. The molecule has 0 unspecified atom stereocenters. The van der Waals surface area contributed by atoms with E-state index in [1.807, 2.05) is 84.9 Å². The molecule has 0 atom stereocenters. The summed E-state index contributed by atoms with van der Waals surface area (Å²) in [7, 11) is 3.34. The number of thioether (sulfide) groups is 2. The molecule has 0 radical (unpaired) electrons. The van der Waals surface area contributed by atoms with Crippen molar-refractivity contribution in [3.8, 4) is 45.6 Å². The highest BCUT2D eigenvalue weighted by Crippen LogP contribution is 2.35. The first kappa shape index (κ1) is 27.6. The lowest BCUT2D eigenvalue weighted by atomic mass is 10.2. The van der Waals surface area contributed by atoms with E-state index < -0.39 is 0 Å². The van der Waals surface area contributed by atoms with Crippen molar-refractivity contribution in [1.82, 2.24) is 29.5 Å². The van der Waals surface area contributed by atoms with Gasteiger partial charge in [0.25, 0.3) is 0 Å². The van der Waals surface area contributed by atoms with Gasteiger partial charge in [-0.1, -0.05) is 84.2 Å². The molecule has 4 aromatic carbocycles. The normalized spacial score (nSPS) is 11.0. The second kappa shape index (κ2) is 13.0. The Kier molecular flexibility index (Phi) is 8.53. The van der Waals surface area contributed by atoms with E-state index in [1.54, 1.807) is 37.7 Å². The van der Waals surface area contributed by atoms with E-state index in [4.69, 9.17) is 9.47 Å². The minimum Gasteiger partial charge on any atom is -0.496 e. The lowest BCUT2D eigenvalue weighted by Crippen LogP contribution is -2.02. The number of hydrogen-bond acceptors (Lipinski definition) is 8. The summed E-state index contributed by atoms with van der Waals surface area (Å²) in [6, 6.07) is 36.0. The Morgan fingerprint density at radius 2 is 0.881 bits per heavy atom. The number of methoxy groups -OCH3 is 2. The summed E-state index contributed by atoms with van der Waals surface area (Å²) in [5, 5.41) is 19.9. The molecule has 2 heterocycles. The summed E-state index contributed by atoms with van der Waals surface area (Å²) >= 11 is 3.30. The molecular formula is C32H28N6O2S2. The van der Waals surface area contributed by atoms with Crippen LogP contribution in [-0.4, -0.2) is 55.3 Å². The first-order valence-electron chi connectivity index (χ1n) is 13.3. The molecule has 0 N–H and O–H groups in total. The number of hydrogen-bond donors (Lipinski definition) is 0. The summed E-state index contributed by atoms with van der Waals surface area (Å²) in [5.74, 6) is 4.54. The fourth-order valence-corrected chi connectivity index (χ4v) is 6.49. The summed E-state index contributed by atoms with van der Waals surface area (Å²) in [6.07, 6.45) is 0. The van der Waals surface area contributed by atoms with Gasteiger partial charge in [-0.25, -0.2) is 0 Å². The van der Waals surface area contributed by atoms with Gasteiger partial charge in [0.2, 0.25) is 0 Å². The smallest absolute Gasteiger partial charge is 0.196 e. The van der Waals surface area contributed by atoms with Crippen LogP contribution < -0.4 is 9.47 Å². The molecule has 0 bridgehead atoms. The van der Waals surface area contributed by atoms with Gasteiger partial charge in [0, 0.05) is 22.9 Å². The van der Waals surface area contributed by atoms with Crippen molar-refractivity contribution in [2.45, 2.75) is 10.3 Å². The monoisotopic (exact) mass is 592 g/mol. The maximum atomic E-state index is 5.63. The maximum Gasteiger partial charge on any atom is 0.196 e. The zero-order valence-corrected chi connectivity index (χ0v) is 24.8. The highest BCUT2D eigenvalue weighted by molar-refractivity contribution is 8.02. The van der Waals surface area contributed by atoms with Gasteiger partial charge in [-0.3, -0.25) is 9.13 Å². The molecule has 6 rings (SSSR count). The minimum absolute atomic E-state index is 0.735. The Balaban J connectivity index is 1.26. The first-order valence-corrected chi connectivity index (χ1v) is 15.3. The Hall–Kier alpha value is -4.54. The number of aromatic nitrogens is 6. The standard InChI is InChI=1S/C32H28N6O2S2/c1-39-27-19-11-9-17-25(27)29-33-35-31(37(29)23-13-5-3-6-14-23)41-21-22-42-32-36-34-30(26-18-10-12-20-28(26)40-2)38(32)24-15-7-4-8-16-24/h3-20H,21-22H2,1-2H3. The van der Waals surface area contributed by atoms with Crippen LogP contribution in [-0.2, 0) is 0 Å². The van der Waals surface area contributed by atoms with Crippen LogP contribution in [0.1, 0.15) is 0 Å². The molecule has 210 valence electrons. The number of benzene rings is 4. The summed E-state index contributed by atoms with van der Waals surface area (Å²) in [4.78, 5) is 0. The van der Waals surface area contributed by atoms with E-state index in [9.17, 15) is 0 Å². The van der Waals surface area contributed by atoms with Gasteiger partial charge in [-0.05, 0) is 48.5 Å². The zero-order chi connectivity index (χ0) is 28.7. The van der Waals surface area contributed by atoms with Crippen molar-refractivity contribution < 1.29 is 9.47 Å². The average Bonchev–Trinajstić information content (AvgIpc) is 3.68. The summed E-state index contributed by atoms with van der Waals surface area (Å²) in [5.41, 5.74) is 3.75. The van der Waals surface area contributed by atoms with Crippen LogP contribution in [0.5, 0.6) is 11.5 Å². The number of ether oxygens (including phenoxy) is 2. The molecule has 2 aromatic heterocycles. The van der Waals surface area contributed by atoms with Gasteiger partial charge < -0.3 is 9.47 Å². The van der Waals surface area contributed by atoms with E-state index in [1.165, 1.54) is 0 Å². The highest BCUT2D eigenvalue weighted by Gasteiger charge is 2.21. The summed E-state index contributed by atoms with van der Waals surface area (Å²) < 4.78 is 15.4. The Bertz CT molecular complexity index is 1640. The second-order valence-corrected chi connectivity index (χ2v) is 11.2. The van der Waals surface area contributed by atoms with Crippen LogP contribution >= 0.6 is 23.5 Å². The van der Waals surface area contributed by atoms with E-state index in [0.717, 1.165) is 67.5 Å². The largest absolute Gasteiger partial charge is 0.496 e. The molecule has 0 amide bonds. The van der Waals surface area contributed by atoms with Gasteiger partial charge in [0.1, 0.15) is 11.5 Å². The van der Waals surface area contributed by atoms with Crippen LogP contribution in [0.15, 0.2) is 120 Å². The molecule has 0 saturated carbocycles. The van der Waals surface area contributed by atoms with Gasteiger partial charge in [-0.2, -0.15) is 0 Å². The van der Waals surface area contributed by atoms with Crippen LogP contribution in [0.25, 0.3) is 34.2 Å². The third kappa shape index (κ3) is 5.63. The van der Waals surface area contributed by atoms with Gasteiger partial charge >= 0.3 is 0 Å². The predicted octanol–water partition coefficient (Wildman–Crippen LogP) is 7.08. The Labute approximate surface area is 252 Å². The fourth-order valence-electron chi connectivity index (χ4n) is 4.62. The topological polar surface area (TPSA) is 79.9 Å². The Morgan fingerprint density at radius 3 is 1.29 bits per heavy atom. The SMILES string of the molecule is COc1ccccc1-c1nnc(SCCSc2nnc(-c3ccccc3OC)n2-c2ccccc2)n1-c1ccccc1. The quantitative estimate of drug-likeness (QED) is 0.117. The maximum absolute atomic E-state index is 5.63. The number of para-hydroxylation sites is 4. The fraction of sp³-hybridized carbons (Fsp3) is 0.125. The van der Waals surface area contributed by atoms with E-state index in [-0.39, 0.29) is 0 Å². The van der Waals surface area contributed by atoms with Gasteiger partial charge in [0.15, 0.2) is 22.0 Å². The van der Waals surface area contributed by atoms with Crippen LogP contribution in [0.3, 0.4) is 0 Å². The molecule has 0 fully saturated rings. The lowest BCUT2D eigenvalue weighted by molar-refractivity contribution is 0.416. The van der Waals surface area contributed by atoms with Crippen LogP contribution in [0, 0.1) is 0 Å². The third-order valence-corrected chi connectivity index (χ3v) is 8.66. The second-order valence-electron chi connectivity index (χ2n) is 9.05. The summed E-state index contributed by atoms with van der Waals surface area (Å²) in [6.45, 7) is 0. The zero-order valence-electron chi connectivity index (χ0n) is 23.1. The molecule has 0 spiro atoms. The van der Waals surface area contributed by atoms with Crippen LogP contribution in [0.2, 0.25) is 0 Å². The molecule has 42 heavy (non-hydrogen) atoms.